The van der Waals surface area contributed by atoms with E-state index in [1.165, 1.54) is 0 Å². The number of carbonyl (C=O) groups is 2. The minimum atomic E-state index is -0.523. The lowest BCUT2D eigenvalue weighted by atomic mass is 9.85. The molecular weight excluding hydrogens is 360 g/mol. The fourth-order valence-electron chi connectivity index (χ4n) is 3.97. The quantitative estimate of drug-likeness (QED) is 0.773. The van der Waals surface area contributed by atoms with Crippen LogP contribution in [-0.4, -0.2) is 11.7 Å². The molecule has 0 radical (unpaired) electrons. The second-order valence-corrected chi connectivity index (χ2v) is 7.26. The molecule has 2 aromatic carbocycles. The summed E-state index contributed by atoms with van der Waals surface area (Å²) >= 11 is 6.54. The Bertz CT molecular complexity index is 951. The first-order valence-corrected chi connectivity index (χ1v) is 9.68. The average molecular weight is 381 g/mol. The summed E-state index contributed by atoms with van der Waals surface area (Å²) in [5.74, 6) is 0.0386. The van der Waals surface area contributed by atoms with Crippen LogP contribution in [-0.2, 0) is 9.59 Å². The number of carbonyl (C=O) groups excluding carboxylic acids is 2. The van der Waals surface area contributed by atoms with Crippen molar-refractivity contribution in [1.82, 2.24) is 0 Å². The number of rotatable bonds is 2. The molecule has 138 valence electrons. The van der Waals surface area contributed by atoms with Crippen molar-refractivity contribution in [1.29, 1.82) is 0 Å². The summed E-state index contributed by atoms with van der Waals surface area (Å²) < 4.78 is 0. The van der Waals surface area contributed by atoms with Crippen LogP contribution in [0.4, 0.5) is 11.4 Å². The van der Waals surface area contributed by atoms with Crippen molar-refractivity contribution < 1.29 is 9.59 Å². The molecular formula is C22H21ClN2O2. The van der Waals surface area contributed by atoms with Crippen molar-refractivity contribution in [2.75, 3.05) is 10.2 Å². The Kier molecular flexibility index (Phi) is 4.75. The van der Waals surface area contributed by atoms with Crippen molar-refractivity contribution in [3.8, 4) is 0 Å². The van der Waals surface area contributed by atoms with Gasteiger partial charge in [0.1, 0.15) is 0 Å². The van der Waals surface area contributed by atoms with Crippen molar-refractivity contribution >= 4 is 34.7 Å². The number of nitrogens with zero attached hydrogens (tertiary/aromatic N) is 1. The molecule has 1 N–H and O–H groups in total. The third kappa shape index (κ3) is 3.04. The number of hydrogen-bond donors (Lipinski definition) is 1. The van der Waals surface area contributed by atoms with Gasteiger partial charge in [-0.2, -0.15) is 0 Å². The highest BCUT2D eigenvalue weighted by atomic mass is 35.5. The molecule has 1 aliphatic carbocycles. The largest absolute Gasteiger partial charge is 0.357 e. The number of Topliss-reactive ketones (excluding diaryl/α,β-unsaturated/α-hetero) is 1. The van der Waals surface area contributed by atoms with E-state index in [0.717, 1.165) is 35.5 Å². The molecule has 1 unspecified atom stereocenters. The third-order valence-corrected chi connectivity index (χ3v) is 5.55. The van der Waals surface area contributed by atoms with E-state index in [-0.39, 0.29) is 11.7 Å². The Morgan fingerprint density at radius 2 is 1.89 bits per heavy atom. The lowest BCUT2D eigenvalue weighted by molar-refractivity contribution is -0.118. The van der Waals surface area contributed by atoms with E-state index >= 15 is 0 Å². The molecule has 0 saturated carbocycles. The Hall–Kier alpha value is -2.59. The molecule has 1 heterocycles. The van der Waals surface area contributed by atoms with E-state index in [1.807, 2.05) is 55.5 Å². The summed E-state index contributed by atoms with van der Waals surface area (Å²) in [4.78, 5) is 27.8. The van der Waals surface area contributed by atoms with E-state index < -0.39 is 6.04 Å². The van der Waals surface area contributed by atoms with Gasteiger partial charge in [0.25, 0.3) is 0 Å². The van der Waals surface area contributed by atoms with Gasteiger partial charge in [-0.3, -0.25) is 14.5 Å². The van der Waals surface area contributed by atoms with Crippen LogP contribution in [0.5, 0.6) is 0 Å². The number of benzene rings is 2. The van der Waals surface area contributed by atoms with Crippen LogP contribution in [0, 0.1) is 0 Å². The topological polar surface area (TPSA) is 49.4 Å². The van der Waals surface area contributed by atoms with Gasteiger partial charge in [-0.25, -0.2) is 0 Å². The first-order valence-electron chi connectivity index (χ1n) is 9.30. The van der Waals surface area contributed by atoms with Gasteiger partial charge in [0.2, 0.25) is 5.91 Å². The van der Waals surface area contributed by atoms with E-state index in [9.17, 15) is 9.59 Å². The molecule has 1 atom stereocenters. The summed E-state index contributed by atoms with van der Waals surface area (Å²) in [6.45, 7) is 1.84. The molecule has 0 spiro atoms. The molecule has 2 aromatic rings. The molecule has 4 rings (SSSR count). The first-order chi connectivity index (χ1) is 13.1. The maximum atomic E-state index is 13.1. The van der Waals surface area contributed by atoms with Crippen LogP contribution < -0.4 is 10.2 Å². The number of amides is 1. The highest BCUT2D eigenvalue weighted by Gasteiger charge is 2.39. The number of ketones is 1. The van der Waals surface area contributed by atoms with Gasteiger partial charge in [-0.1, -0.05) is 48.9 Å². The Labute approximate surface area is 163 Å². The zero-order chi connectivity index (χ0) is 19.0. The van der Waals surface area contributed by atoms with Crippen LogP contribution >= 0.6 is 11.6 Å². The minimum Gasteiger partial charge on any atom is -0.357 e. The number of para-hydroxylation sites is 2. The van der Waals surface area contributed by atoms with Crippen molar-refractivity contribution in [3.05, 3.63) is 70.4 Å². The maximum Gasteiger partial charge on any atom is 0.227 e. The molecule has 0 bridgehead atoms. The number of anilines is 2. The lowest BCUT2D eigenvalue weighted by Crippen LogP contribution is -2.37. The second-order valence-electron chi connectivity index (χ2n) is 6.85. The predicted molar refractivity (Wildman–Crippen MR) is 108 cm³/mol. The fourth-order valence-corrected chi connectivity index (χ4v) is 4.21. The van der Waals surface area contributed by atoms with Crippen LogP contribution in [0.1, 0.15) is 44.2 Å². The van der Waals surface area contributed by atoms with Crippen molar-refractivity contribution in [2.24, 2.45) is 0 Å². The van der Waals surface area contributed by atoms with Gasteiger partial charge in [0, 0.05) is 29.1 Å². The van der Waals surface area contributed by atoms with Crippen LogP contribution in [0.2, 0.25) is 5.02 Å². The third-order valence-electron chi connectivity index (χ3n) is 5.21. The smallest absolute Gasteiger partial charge is 0.227 e. The van der Waals surface area contributed by atoms with Crippen LogP contribution in [0.3, 0.4) is 0 Å². The number of hydrogen-bond acceptors (Lipinski definition) is 3. The Morgan fingerprint density at radius 3 is 2.67 bits per heavy atom. The number of halogens is 1. The average Bonchev–Trinajstić information content (AvgIpc) is 2.83. The Morgan fingerprint density at radius 1 is 1.15 bits per heavy atom. The molecule has 0 saturated heterocycles. The zero-order valence-corrected chi connectivity index (χ0v) is 15.9. The summed E-state index contributed by atoms with van der Waals surface area (Å²) in [5.41, 5.74) is 3.96. The summed E-state index contributed by atoms with van der Waals surface area (Å²) in [6, 6.07) is 14.7. The predicted octanol–water partition coefficient (Wildman–Crippen LogP) is 5.26. The lowest BCUT2D eigenvalue weighted by Gasteiger charge is -2.34. The van der Waals surface area contributed by atoms with E-state index in [4.69, 9.17) is 11.6 Å². The van der Waals surface area contributed by atoms with Crippen molar-refractivity contribution in [3.63, 3.8) is 0 Å². The monoisotopic (exact) mass is 380 g/mol. The molecule has 0 fully saturated rings. The summed E-state index contributed by atoms with van der Waals surface area (Å²) in [6.07, 6.45) is 2.42. The van der Waals surface area contributed by atoms with Gasteiger partial charge < -0.3 is 5.32 Å². The standard InChI is InChI=1S/C22H21ClN2O2/c1-2-20(27)25-18-12-6-5-10-16(18)24-17-11-7-13-19(26)21(17)22(25)14-8-3-4-9-15(14)23/h3-6,8-10,12,22,24H,2,7,11,13H2,1H3. The molecule has 4 nitrogen and oxygen atoms in total. The van der Waals surface area contributed by atoms with Gasteiger partial charge in [-0.15, -0.1) is 0 Å². The first kappa shape index (κ1) is 17.8. The molecule has 27 heavy (non-hydrogen) atoms. The van der Waals surface area contributed by atoms with Crippen molar-refractivity contribution in [2.45, 2.75) is 38.6 Å². The summed E-state index contributed by atoms with van der Waals surface area (Å²) in [5, 5.41) is 4.00. The van der Waals surface area contributed by atoms with Gasteiger partial charge >= 0.3 is 0 Å². The molecule has 2 aliphatic rings. The highest BCUT2D eigenvalue weighted by Crippen LogP contribution is 2.46. The van der Waals surface area contributed by atoms with E-state index in [2.05, 4.69) is 5.32 Å². The van der Waals surface area contributed by atoms with Gasteiger partial charge in [0.05, 0.1) is 17.4 Å². The number of nitrogens with one attached hydrogen (secondary N) is 1. The number of allylic oxidation sites excluding steroid dienone is 1. The van der Waals surface area contributed by atoms with E-state index in [1.54, 1.807) is 4.90 Å². The Balaban J connectivity index is 2.03. The maximum absolute atomic E-state index is 13.1. The fraction of sp³-hybridized carbons (Fsp3) is 0.273. The second kappa shape index (κ2) is 7.20. The zero-order valence-electron chi connectivity index (χ0n) is 15.2. The van der Waals surface area contributed by atoms with Crippen LogP contribution in [0.15, 0.2) is 59.8 Å². The number of fused-ring (bicyclic) bond motifs is 1. The molecule has 0 aromatic heterocycles. The minimum absolute atomic E-state index is 0.0405. The molecule has 1 amide bonds. The van der Waals surface area contributed by atoms with E-state index in [0.29, 0.717) is 23.4 Å². The van der Waals surface area contributed by atoms with Gasteiger partial charge in [-0.05, 0) is 36.6 Å². The summed E-state index contributed by atoms with van der Waals surface area (Å²) in [7, 11) is 0. The normalized spacial score (nSPS) is 19.1. The SMILES string of the molecule is CCC(=O)N1c2ccccc2NC2=C(C(=O)CCC2)C1c1ccccc1Cl. The highest BCUT2D eigenvalue weighted by molar-refractivity contribution is 6.31. The van der Waals surface area contributed by atoms with Gasteiger partial charge in [0.15, 0.2) is 5.78 Å². The van der Waals surface area contributed by atoms with Crippen LogP contribution in [0.25, 0.3) is 0 Å². The molecule has 1 aliphatic heterocycles. The molecule has 5 heteroatoms.